The summed E-state index contributed by atoms with van der Waals surface area (Å²) >= 11 is 6.40. The SMILES string of the molecule is CC[C@H]1Cn2c(C(=O)NC3CCCCCCC3)cc3c(Cl)ccc(c32)O1. The Kier molecular flexibility index (Phi) is 5.12. The first-order valence-corrected chi connectivity index (χ1v) is 10.3. The van der Waals surface area contributed by atoms with Crippen LogP contribution in [0.4, 0.5) is 0 Å². The second-order valence-corrected chi connectivity index (χ2v) is 8.02. The van der Waals surface area contributed by atoms with Crippen molar-refractivity contribution in [1.82, 2.24) is 9.88 Å². The smallest absolute Gasteiger partial charge is 0.268 e. The van der Waals surface area contributed by atoms with Crippen LogP contribution in [0.3, 0.4) is 0 Å². The molecule has 1 amide bonds. The molecule has 1 saturated carbocycles. The average molecular weight is 375 g/mol. The number of rotatable bonds is 3. The maximum absolute atomic E-state index is 13.1. The molecule has 140 valence electrons. The third-order valence-corrected chi connectivity index (χ3v) is 6.11. The zero-order valence-electron chi connectivity index (χ0n) is 15.4. The van der Waals surface area contributed by atoms with Crippen molar-refractivity contribution in [3.63, 3.8) is 0 Å². The Morgan fingerprint density at radius 3 is 2.69 bits per heavy atom. The predicted molar refractivity (Wildman–Crippen MR) is 105 cm³/mol. The van der Waals surface area contributed by atoms with Gasteiger partial charge in [-0.2, -0.15) is 0 Å². The maximum atomic E-state index is 13.1. The van der Waals surface area contributed by atoms with Gasteiger partial charge in [-0.3, -0.25) is 4.79 Å². The number of benzene rings is 1. The molecule has 1 aliphatic heterocycles. The van der Waals surface area contributed by atoms with Crippen LogP contribution in [-0.2, 0) is 6.54 Å². The Bertz CT molecular complexity index is 806. The van der Waals surface area contributed by atoms with Gasteiger partial charge < -0.3 is 14.6 Å². The Morgan fingerprint density at radius 1 is 1.23 bits per heavy atom. The molecule has 2 aliphatic rings. The summed E-state index contributed by atoms with van der Waals surface area (Å²) < 4.78 is 8.17. The van der Waals surface area contributed by atoms with Crippen molar-refractivity contribution in [1.29, 1.82) is 0 Å². The van der Waals surface area contributed by atoms with Gasteiger partial charge in [-0.25, -0.2) is 0 Å². The fourth-order valence-corrected chi connectivity index (χ4v) is 4.49. The lowest BCUT2D eigenvalue weighted by Crippen LogP contribution is -2.37. The maximum Gasteiger partial charge on any atom is 0.268 e. The van der Waals surface area contributed by atoms with Crippen molar-refractivity contribution in [2.75, 3.05) is 0 Å². The second-order valence-electron chi connectivity index (χ2n) is 7.61. The lowest BCUT2D eigenvalue weighted by atomic mass is 9.96. The van der Waals surface area contributed by atoms with Gasteiger partial charge in [-0.15, -0.1) is 0 Å². The van der Waals surface area contributed by atoms with Crippen LogP contribution in [0.5, 0.6) is 5.75 Å². The van der Waals surface area contributed by atoms with E-state index in [-0.39, 0.29) is 18.1 Å². The molecule has 1 N–H and O–H groups in total. The fourth-order valence-electron chi connectivity index (χ4n) is 4.28. The third-order valence-electron chi connectivity index (χ3n) is 5.78. The molecule has 1 aromatic heterocycles. The summed E-state index contributed by atoms with van der Waals surface area (Å²) in [7, 11) is 0. The summed E-state index contributed by atoms with van der Waals surface area (Å²) in [6.07, 6.45) is 9.46. The van der Waals surface area contributed by atoms with Gasteiger partial charge in [0.05, 0.1) is 17.1 Å². The van der Waals surface area contributed by atoms with Crippen LogP contribution >= 0.6 is 11.6 Å². The molecule has 26 heavy (non-hydrogen) atoms. The minimum Gasteiger partial charge on any atom is -0.486 e. The van der Waals surface area contributed by atoms with E-state index >= 15 is 0 Å². The van der Waals surface area contributed by atoms with E-state index in [1.54, 1.807) is 0 Å². The van der Waals surface area contributed by atoms with Gasteiger partial charge in [0.25, 0.3) is 5.91 Å². The van der Waals surface area contributed by atoms with Crippen LogP contribution in [0.25, 0.3) is 10.9 Å². The van der Waals surface area contributed by atoms with Gasteiger partial charge in [0.2, 0.25) is 0 Å². The molecular formula is C21H27ClN2O2. The molecule has 0 bridgehead atoms. The number of carbonyl (C=O) groups excluding carboxylic acids is 1. The number of nitrogens with one attached hydrogen (secondary N) is 1. The van der Waals surface area contributed by atoms with Crippen LogP contribution < -0.4 is 10.1 Å². The van der Waals surface area contributed by atoms with Crippen LogP contribution in [0.1, 0.15) is 68.8 Å². The highest BCUT2D eigenvalue weighted by Gasteiger charge is 2.27. The van der Waals surface area contributed by atoms with Gasteiger partial charge in [0.15, 0.2) is 0 Å². The van der Waals surface area contributed by atoms with Gasteiger partial charge >= 0.3 is 0 Å². The number of hydrogen-bond acceptors (Lipinski definition) is 2. The molecule has 0 spiro atoms. The molecule has 1 atom stereocenters. The number of amides is 1. The van der Waals surface area contributed by atoms with E-state index in [9.17, 15) is 4.79 Å². The molecule has 1 aliphatic carbocycles. The van der Waals surface area contributed by atoms with Crippen molar-refractivity contribution in [3.8, 4) is 5.75 Å². The molecule has 5 heteroatoms. The van der Waals surface area contributed by atoms with Crippen molar-refractivity contribution in [2.45, 2.75) is 77.0 Å². The molecule has 0 saturated heterocycles. The lowest BCUT2D eigenvalue weighted by Gasteiger charge is -2.27. The summed E-state index contributed by atoms with van der Waals surface area (Å²) in [5.41, 5.74) is 1.66. The molecule has 1 fully saturated rings. The molecule has 0 radical (unpaired) electrons. The Balaban J connectivity index is 1.65. The summed E-state index contributed by atoms with van der Waals surface area (Å²) in [4.78, 5) is 13.1. The summed E-state index contributed by atoms with van der Waals surface area (Å²) in [5.74, 6) is 0.845. The van der Waals surface area contributed by atoms with E-state index in [4.69, 9.17) is 16.3 Å². The predicted octanol–water partition coefficient (Wildman–Crippen LogP) is 5.31. The van der Waals surface area contributed by atoms with Crippen LogP contribution in [-0.4, -0.2) is 22.6 Å². The number of nitrogens with zero attached hydrogens (tertiary/aromatic N) is 1. The van der Waals surface area contributed by atoms with Crippen molar-refractivity contribution in [2.24, 2.45) is 0 Å². The molecule has 4 nitrogen and oxygen atoms in total. The summed E-state index contributed by atoms with van der Waals surface area (Å²) in [6, 6.07) is 5.99. The molecule has 2 heterocycles. The van der Waals surface area contributed by atoms with Crippen molar-refractivity contribution in [3.05, 3.63) is 28.9 Å². The monoisotopic (exact) mass is 374 g/mol. The topological polar surface area (TPSA) is 43.3 Å². The molecule has 2 aromatic rings. The largest absolute Gasteiger partial charge is 0.486 e. The van der Waals surface area contributed by atoms with Crippen LogP contribution in [0.2, 0.25) is 5.02 Å². The summed E-state index contributed by atoms with van der Waals surface area (Å²) in [6.45, 7) is 2.81. The minimum atomic E-state index is 0.0190. The number of aromatic nitrogens is 1. The lowest BCUT2D eigenvalue weighted by molar-refractivity contribution is 0.0914. The summed E-state index contributed by atoms with van der Waals surface area (Å²) in [5, 5.41) is 4.86. The standard InChI is InChI=1S/C21H27ClN2O2/c1-2-15-13-24-18(12-16-17(22)10-11-19(26-15)20(16)24)21(25)23-14-8-6-4-3-5-7-9-14/h10-12,14-15H,2-9,13H2,1H3,(H,23,25)/t15-/m0/s1. The van der Waals surface area contributed by atoms with Crippen LogP contribution in [0, 0.1) is 0 Å². The van der Waals surface area contributed by atoms with Crippen molar-refractivity contribution >= 4 is 28.4 Å². The molecular weight excluding hydrogens is 348 g/mol. The first-order valence-electron chi connectivity index (χ1n) is 9.96. The quantitative estimate of drug-likeness (QED) is 0.791. The molecule has 0 unspecified atom stereocenters. The third kappa shape index (κ3) is 3.32. The van der Waals surface area contributed by atoms with E-state index in [2.05, 4.69) is 16.8 Å². The van der Waals surface area contributed by atoms with Gasteiger partial charge in [0, 0.05) is 11.4 Å². The van der Waals surface area contributed by atoms with E-state index in [1.807, 2.05) is 18.2 Å². The van der Waals surface area contributed by atoms with E-state index < -0.39 is 0 Å². The van der Waals surface area contributed by atoms with Gasteiger partial charge in [-0.05, 0) is 37.5 Å². The highest BCUT2D eigenvalue weighted by Crippen LogP contribution is 2.38. The fraction of sp³-hybridized carbons (Fsp3) is 0.571. The van der Waals surface area contributed by atoms with Gasteiger partial charge in [0.1, 0.15) is 17.5 Å². The first-order chi connectivity index (χ1) is 12.7. The Hall–Kier alpha value is -1.68. The minimum absolute atomic E-state index is 0.0190. The zero-order chi connectivity index (χ0) is 18.1. The second kappa shape index (κ2) is 7.51. The van der Waals surface area contributed by atoms with E-state index in [0.717, 1.165) is 35.9 Å². The average Bonchev–Trinajstić information content (AvgIpc) is 3.01. The number of carbonyl (C=O) groups is 1. The number of halogens is 1. The molecule has 1 aromatic carbocycles. The van der Waals surface area contributed by atoms with E-state index in [1.165, 1.54) is 32.1 Å². The van der Waals surface area contributed by atoms with Gasteiger partial charge in [-0.1, -0.05) is 50.6 Å². The van der Waals surface area contributed by atoms with Crippen LogP contribution in [0.15, 0.2) is 18.2 Å². The zero-order valence-corrected chi connectivity index (χ0v) is 16.1. The first kappa shape index (κ1) is 17.7. The normalized spacial score (nSPS) is 21.1. The number of ether oxygens (including phenoxy) is 1. The Labute approximate surface area is 159 Å². The highest BCUT2D eigenvalue weighted by atomic mass is 35.5. The number of hydrogen-bond donors (Lipinski definition) is 1. The van der Waals surface area contributed by atoms with E-state index in [0.29, 0.717) is 17.3 Å². The highest BCUT2D eigenvalue weighted by molar-refractivity contribution is 6.36. The Morgan fingerprint density at radius 2 is 1.96 bits per heavy atom. The molecule has 4 rings (SSSR count). The van der Waals surface area contributed by atoms with Crippen molar-refractivity contribution < 1.29 is 9.53 Å².